The fourth-order valence-electron chi connectivity index (χ4n) is 2.97. The summed E-state index contributed by atoms with van der Waals surface area (Å²) in [6.45, 7) is 12.7. The summed E-state index contributed by atoms with van der Waals surface area (Å²) in [4.78, 5) is 2.53. The molecule has 16 heavy (non-hydrogen) atoms. The average molecular weight is 226 g/mol. The van der Waals surface area contributed by atoms with E-state index in [2.05, 4.69) is 37.9 Å². The summed E-state index contributed by atoms with van der Waals surface area (Å²) in [5, 5.41) is 3.76. The van der Waals surface area contributed by atoms with E-state index in [4.69, 9.17) is 0 Å². The van der Waals surface area contributed by atoms with Crippen LogP contribution >= 0.6 is 0 Å². The van der Waals surface area contributed by atoms with Crippen molar-refractivity contribution in [3.63, 3.8) is 0 Å². The third-order valence-corrected chi connectivity index (χ3v) is 4.13. The van der Waals surface area contributed by atoms with Crippen LogP contribution in [-0.4, -0.2) is 36.6 Å². The molecule has 1 saturated carbocycles. The molecule has 96 valence electrons. The molecule has 2 atom stereocenters. The van der Waals surface area contributed by atoms with Crippen molar-refractivity contribution in [1.82, 2.24) is 10.2 Å². The summed E-state index contributed by atoms with van der Waals surface area (Å²) in [5.74, 6) is 0.939. The van der Waals surface area contributed by atoms with Crippen molar-refractivity contribution in [1.29, 1.82) is 0 Å². The molecule has 0 amide bonds. The Morgan fingerprint density at radius 1 is 1.25 bits per heavy atom. The molecule has 1 aliphatic carbocycles. The molecule has 0 spiro atoms. The Kier molecular flexibility index (Phi) is 6.37. The molecule has 0 bridgehead atoms. The third-order valence-electron chi connectivity index (χ3n) is 4.13. The second kappa shape index (κ2) is 7.29. The molecule has 0 aromatic carbocycles. The zero-order valence-corrected chi connectivity index (χ0v) is 11.6. The van der Waals surface area contributed by atoms with Crippen molar-refractivity contribution >= 4 is 0 Å². The van der Waals surface area contributed by atoms with Crippen molar-refractivity contribution in [2.75, 3.05) is 19.6 Å². The maximum Gasteiger partial charge on any atom is 0.0110 e. The van der Waals surface area contributed by atoms with E-state index < -0.39 is 0 Å². The quantitative estimate of drug-likeness (QED) is 0.718. The molecule has 0 aliphatic heterocycles. The van der Waals surface area contributed by atoms with Gasteiger partial charge in [-0.1, -0.05) is 26.7 Å². The Balaban J connectivity index is 2.19. The van der Waals surface area contributed by atoms with Crippen molar-refractivity contribution < 1.29 is 0 Å². The Labute approximate surface area is 102 Å². The van der Waals surface area contributed by atoms with E-state index in [1.807, 2.05) is 0 Å². The molecule has 2 nitrogen and oxygen atoms in total. The first-order chi connectivity index (χ1) is 7.69. The Bertz CT molecular complexity index is 180. The van der Waals surface area contributed by atoms with Gasteiger partial charge in [-0.2, -0.15) is 0 Å². The van der Waals surface area contributed by atoms with Crippen LogP contribution in [0.2, 0.25) is 0 Å². The topological polar surface area (TPSA) is 15.3 Å². The molecule has 0 saturated heterocycles. The molecule has 1 fully saturated rings. The van der Waals surface area contributed by atoms with Gasteiger partial charge in [-0.3, -0.25) is 4.90 Å². The molecule has 0 aromatic heterocycles. The van der Waals surface area contributed by atoms with Crippen LogP contribution in [0.1, 0.15) is 53.4 Å². The number of nitrogens with one attached hydrogen (secondary N) is 1. The lowest BCUT2D eigenvalue weighted by molar-refractivity contribution is 0.227. The fraction of sp³-hybridized carbons (Fsp3) is 1.00. The first-order valence-corrected chi connectivity index (χ1v) is 7.16. The molecule has 1 aliphatic rings. The van der Waals surface area contributed by atoms with Gasteiger partial charge < -0.3 is 5.32 Å². The third kappa shape index (κ3) is 4.06. The van der Waals surface area contributed by atoms with Crippen molar-refractivity contribution in [3.8, 4) is 0 Å². The van der Waals surface area contributed by atoms with Crippen LogP contribution in [0.25, 0.3) is 0 Å². The van der Waals surface area contributed by atoms with Crippen LogP contribution in [0.15, 0.2) is 0 Å². The fourth-order valence-corrected chi connectivity index (χ4v) is 2.97. The molecule has 2 unspecified atom stereocenters. The van der Waals surface area contributed by atoms with Gasteiger partial charge in [0.1, 0.15) is 0 Å². The highest BCUT2D eigenvalue weighted by atomic mass is 15.2. The standard InChI is InChI=1S/C14H30N2/c1-5-13-8-7-9-14(13)15-10-11-16(6-2)12(3)4/h12-15H,5-11H2,1-4H3. The van der Waals surface area contributed by atoms with Crippen molar-refractivity contribution in [2.24, 2.45) is 5.92 Å². The van der Waals surface area contributed by atoms with Crippen LogP contribution in [0.4, 0.5) is 0 Å². The van der Waals surface area contributed by atoms with Gasteiger partial charge in [0.2, 0.25) is 0 Å². The first kappa shape index (κ1) is 14.0. The number of hydrogen-bond donors (Lipinski definition) is 1. The van der Waals surface area contributed by atoms with Crippen LogP contribution in [0.5, 0.6) is 0 Å². The summed E-state index contributed by atoms with van der Waals surface area (Å²) >= 11 is 0. The molecule has 0 radical (unpaired) electrons. The molecular weight excluding hydrogens is 196 g/mol. The van der Waals surface area contributed by atoms with Crippen LogP contribution in [0.3, 0.4) is 0 Å². The molecule has 2 heteroatoms. The normalized spacial score (nSPS) is 25.9. The van der Waals surface area contributed by atoms with Crippen LogP contribution in [0, 0.1) is 5.92 Å². The molecule has 1 rings (SSSR count). The second-order valence-electron chi connectivity index (χ2n) is 5.38. The van der Waals surface area contributed by atoms with Crippen molar-refractivity contribution in [3.05, 3.63) is 0 Å². The van der Waals surface area contributed by atoms with Gasteiger partial charge in [-0.25, -0.2) is 0 Å². The summed E-state index contributed by atoms with van der Waals surface area (Å²) in [6.07, 6.45) is 5.61. The smallest absolute Gasteiger partial charge is 0.0110 e. The molecule has 0 aromatic rings. The van der Waals surface area contributed by atoms with Gasteiger partial charge in [0, 0.05) is 25.2 Å². The zero-order valence-electron chi connectivity index (χ0n) is 11.6. The predicted molar refractivity (Wildman–Crippen MR) is 71.8 cm³/mol. The van der Waals surface area contributed by atoms with Crippen LogP contribution < -0.4 is 5.32 Å². The van der Waals surface area contributed by atoms with E-state index in [0.29, 0.717) is 6.04 Å². The van der Waals surface area contributed by atoms with E-state index in [-0.39, 0.29) is 0 Å². The predicted octanol–water partition coefficient (Wildman–Crippen LogP) is 2.89. The number of hydrogen-bond acceptors (Lipinski definition) is 2. The largest absolute Gasteiger partial charge is 0.312 e. The van der Waals surface area contributed by atoms with E-state index in [9.17, 15) is 0 Å². The number of likely N-dealkylation sites (N-methyl/N-ethyl adjacent to an activating group) is 1. The van der Waals surface area contributed by atoms with Gasteiger partial charge in [-0.15, -0.1) is 0 Å². The summed E-state index contributed by atoms with van der Waals surface area (Å²) in [7, 11) is 0. The Morgan fingerprint density at radius 2 is 2.00 bits per heavy atom. The van der Waals surface area contributed by atoms with E-state index in [0.717, 1.165) is 18.5 Å². The lowest BCUT2D eigenvalue weighted by Crippen LogP contribution is -2.41. The van der Waals surface area contributed by atoms with Gasteiger partial charge in [0.15, 0.2) is 0 Å². The molecule has 1 N–H and O–H groups in total. The highest BCUT2D eigenvalue weighted by Crippen LogP contribution is 2.27. The van der Waals surface area contributed by atoms with Crippen molar-refractivity contribution in [2.45, 2.75) is 65.5 Å². The minimum Gasteiger partial charge on any atom is -0.312 e. The summed E-state index contributed by atoms with van der Waals surface area (Å²) in [6, 6.07) is 1.48. The summed E-state index contributed by atoms with van der Waals surface area (Å²) in [5.41, 5.74) is 0. The minimum atomic E-state index is 0.678. The zero-order chi connectivity index (χ0) is 12.0. The Hall–Kier alpha value is -0.0800. The van der Waals surface area contributed by atoms with E-state index in [1.54, 1.807) is 0 Å². The SMILES string of the molecule is CCC1CCCC1NCCN(CC)C(C)C. The average Bonchev–Trinajstić information content (AvgIpc) is 2.71. The highest BCUT2D eigenvalue weighted by molar-refractivity contribution is 4.82. The van der Waals surface area contributed by atoms with Crippen LogP contribution in [-0.2, 0) is 0 Å². The maximum absolute atomic E-state index is 3.76. The van der Waals surface area contributed by atoms with E-state index >= 15 is 0 Å². The lowest BCUT2D eigenvalue weighted by Gasteiger charge is -2.27. The lowest BCUT2D eigenvalue weighted by atomic mass is 10.0. The maximum atomic E-state index is 3.76. The van der Waals surface area contributed by atoms with Gasteiger partial charge in [0.25, 0.3) is 0 Å². The first-order valence-electron chi connectivity index (χ1n) is 7.16. The molecular formula is C14H30N2. The summed E-state index contributed by atoms with van der Waals surface area (Å²) < 4.78 is 0. The number of rotatable bonds is 7. The second-order valence-corrected chi connectivity index (χ2v) is 5.38. The monoisotopic (exact) mass is 226 g/mol. The van der Waals surface area contributed by atoms with Gasteiger partial charge in [0.05, 0.1) is 0 Å². The van der Waals surface area contributed by atoms with Gasteiger partial charge in [-0.05, 0) is 39.2 Å². The minimum absolute atomic E-state index is 0.678. The number of nitrogens with zero attached hydrogens (tertiary/aromatic N) is 1. The highest BCUT2D eigenvalue weighted by Gasteiger charge is 2.24. The van der Waals surface area contributed by atoms with E-state index in [1.165, 1.54) is 38.8 Å². The van der Waals surface area contributed by atoms with Gasteiger partial charge >= 0.3 is 0 Å². The molecule has 0 heterocycles. The Morgan fingerprint density at radius 3 is 2.56 bits per heavy atom.